The maximum absolute atomic E-state index is 14.1. The van der Waals surface area contributed by atoms with Crippen molar-refractivity contribution in [1.82, 2.24) is 0 Å². The summed E-state index contributed by atoms with van der Waals surface area (Å²) >= 11 is 13.1. The Bertz CT molecular complexity index is 906. The third kappa shape index (κ3) is 3.47. The van der Waals surface area contributed by atoms with Crippen LogP contribution in [-0.2, 0) is 4.57 Å². The first-order valence-electron chi connectivity index (χ1n) is 7.45. The van der Waals surface area contributed by atoms with E-state index in [0.717, 1.165) is 0 Å². The van der Waals surface area contributed by atoms with Crippen LogP contribution in [0.1, 0.15) is 10.4 Å². The van der Waals surface area contributed by atoms with Crippen molar-refractivity contribution in [3.63, 3.8) is 0 Å². The minimum absolute atomic E-state index is 0.250. The first-order chi connectivity index (χ1) is 11.9. The summed E-state index contributed by atoms with van der Waals surface area (Å²) < 4.78 is 14.1. The van der Waals surface area contributed by atoms with E-state index in [1.165, 1.54) is 0 Å². The summed E-state index contributed by atoms with van der Waals surface area (Å²) in [6.07, 6.45) is 0. The van der Waals surface area contributed by atoms with Crippen LogP contribution in [0.3, 0.4) is 0 Å². The van der Waals surface area contributed by atoms with Crippen LogP contribution in [0.2, 0.25) is 0 Å². The van der Waals surface area contributed by atoms with Gasteiger partial charge in [-0.25, -0.2) is 0 Å². The molecule has 0 unspecified atom stereocenters. The Morgan fingerprint density at radius 1 is 0.720 bits per heavy atom. The number of rotatable bonds is 4. The highest BCUT2D eigenvalue weighted by molar-refractivity contribution is 7.93. The maximum atomic E-state index is 14.1. The average Bonchev–Trinajstić information content (AvgIpc) is 2.61. The molecule has 0 fully saturated rings. The summed E-state index contributed by atoms with van der Waals surface area (Å²) in [5.41, 5.74) is -0.228. The Balaban J connectivity index is 2.27. The number of carbonyl (C=O) groups excluding carboxylic acids is 1. The molecular weight excluding hydrogens is 387 g/mol. The fourth-order valence-corrected chi connectivity index (χ4v) is 6.59. The van der Waals surface area contributed by atoms with Crippen LogP contribution in [0.15, 0.2) is 87.5 Å². The lowest BCUT2D eigenvalue weighted by atomic mass is 10.2. The number of benzene rings is 3. The van der Waals surface area contributed by atoms with Gasteiger partial charge in [0.1, 0.15) is 0 Å². The van der Waals surface area contributed by atoms with Gasteiger partial charge < -0.3 is 4.57 Å². The average molecular weight is 403 g/mol. The Hall–Kier alpha value is -1.39. The first-order valence-corrected chi connectivity index (χ1v) is 10.5. The zero-order valence-corrected chi connectivity index (χ0v) is 16.6. The predicted octanol–water partition coefficient (Wildman–Crippen LogP) is 4.71. The van der Waals surface area contributed by atoms with E-state index in [4.69, 9.17) is 0 Å². The summed E-state index contributed by atoms with van der Waals surface area (Å²) in [7, 11) is -3.57. The van der Waals surface area contributed by atoms with Crippen LogP contribution in [0.5, 0.6) is 0 Å². The molecule has 0 aliphatic carbocycles. The lowest BCUT2D eigenvalue weighted by molar-refractivity contribution is 0.107. The van der Waals surface area contributed by atoms with Crippen molar-refractivity contribution >= 4 is 61.2 Å². The first kappa shape index (κ1) is 18.4. The second-order valence-electron chi connectivity index (χ2n) is 5.44. The molecule has 0 spiro atoms. The number of thiol groups is 3. The molecule has 0 atom stereocenters. The largest absolute Gasteiger partial charge is 0.305 e. The van der Waals surface area contributed by atoms with Gasteiger partial charge in [0.25, 0.3) is 0 Å². The number of hydrogen-bond acceptors (Lipinski definition) is 5. The minimum Gasteiger partial charge on any atom is -0.305 e. The fraction of sp³-hybridized carbons (Fsp3) is 0. The van der Waals surface area contributed by atoms with Crippen LogP contribution < -0.4 is 10.6 Å². The van der Waals surface area contributed by atoms with E-state index in [0.29, 0.717) is 25.3 Å². The third-order valence-corrected chi connectivity index (χ3v) is 7.63. The molecule has 0 aliphatic rings. The van der Waals surface area contributed by atoms with Crippen molar-refractivity contribution < 1.29 is 9.36 Å². The second kappa shape index (κ2) is 7.46. The van der Waals surface area contributed by atoms with Crippen molar-refractivity contribution in [2.45, 2.75) is 14.7 Å². The molecule has 126 valence electrons. The molecule has 0 saturated carbocycles. The molecule has 0 aliphatic heterocycles. The highest BCUT2D eigenvalue weighted by Gasteiger charge is 2.38. The van der Waals surface area contributed by atoms with Gasteiger partial charge in [-0.15, -0.1) is 37.9 Å². The Morgan fingerprint density at radius 3 is 1.52 bits per heavy atom. The van der Waals surface area contributed by atoms with E-state index < -0.39 is 12.7 Å². The van der Waals surface area contributed by atoms with Gasteiger partial charge in [-0.05, 0) is 12.1 Å². The molecule has 0 N–H and O–H groups in total. The van der Waals surface area contributed by atoms with Crippen LogP contribution in [0.4, 0.5) is 0 Å². The van der Waals surface area contributed by atoms with Crippen molar-refractivity contribution in [2.75, 3.05) is 0 Å². The number of hydrogen-bond donors (Lipinski definition) is 3. The lowest BCUT2D eigenvalue weighted by Gasteiger charge is -2.20. The molecular formula is C19H15O2PS3. The van der Waals surface area contributed by atoms with E-state index >= 15 is 0 Å². The molecule has 2 nitrogen and oxygen atoms in total. The van der Waals surface area contributed by atoms with Crippen LogP contribution in [-0.4, -0.2) is 5.52 Å². The molecule has 0 saturated heterocycles. The zero-order chi connectivity index (χ0) is 18.0. The standard InChI is InChI=1S/C19H15O2PS3/c20-19(18-16(24)11-15(23)12-17(18)25)22(21,13-7-3-1-4-8-13)14-9-5-2-6-10-14/h1-12,23-25H. The van der Waals surface area contributed by atoms with Crippen LogP contribution in [0, 0.1) is 0 Å². The van der Waals surface area contributed by atoms with E-state index in [9.17, 15) is 9.36 Å². The summed E-state index contributed by atoms with van der Waals surface area (Å²) in [6, 6.07) is 20.9. The molecule has 3 aromatic rings. The SMILES string of the molecule is O=C(c1c(S)cc(S)cc1S)P(=O)(c1ccccc1)c1ccccc1. The topological polar surface area (TPSA) is 34.1 Å². The van der Waals surface area contributed by atoms with Gasteiger partial charge in [0, 0.05) is 25.3 Å². The quantitative estimate of drug-likeness (QED) is 0.437. The molecule has 3 rings (SSSR count). The van der Waals surface area contributed by atoms with Gasteiger partial charge in [0.2, 0.25) is 12.7 Å². The monoisotopic (exact) mass is 402 g/mol. The highest BCUT2D eigenvalue weighted by Crippen LogP contribution is 2.48. The summed E-state index contributed by atoms with van der Waals surface area (Å²) in [4.78, 5) is 14.9. The van der Waals surface area contributed by atoms with Crippen molar-refractivity contribution in [3.8, 4) is 0 Å². The van der Waals surface area contributed by atoms with E-state index in [1.807, 2.05) is 12.1 Å². The van der Waals surface area contributed by atoms with Crippen molar-refractivity contribution in [2.24, 2.45) is 0 Å². The molecule has 3 aromatic carbocycles. The highest BCUT2D eigenvalue weighted by atomic mass is 32.1. The predicted molar refractivity (Wildman–Crippen MR) is 112 cm³/mol. The zero-order valence-electron chi connectivity index (χ0n) is 13.0. The van der Waals surface area contributed by atoms with E-state index in [2.05, 4.69) is 37.9 Å². The van der Waals surface area contributed by atoms with E-state index in [-0.39, 0.29) is 5.56 Å². The van der Waals surface area contributed by atoms with Gasteiger partial charge in [0.05, 0.1) is 5.56 Å². The van der Waals surface area contributed by atoms with Crippen molar-refractivity contribution in [1.29, 1.82) is 0 Å². The van der Waals surface area contributed by atoms with Gasteiger partial charge in [-0.1, -0.05) is 60.7 Å². The van der Waals surface area contributed by atoms with Gasteiger partial charge in [0.15, 0.2) is 0 Å². The Morgan fingerprint density at radius 2 is 1.12 bits per heavy atom. The Kier molecular flexibility index (Phi) is 5.49. The molecule has 0 radical (unpaired) electrons. The molecule has 0 heterocycles. The minimum atomic E-state index is -3.57. The molecule has 0 amide bonds. The van der Waals surface area contributed by atoms with Crippen LogP contribution in [0.25, 0.3) is 0 Å². The van der Waals surface area contributed by atoms with Crippen LogP contribution >= 0.6 is 45.0 Å². The second-order valence-corrected chi connectivity index (χ2v) is 9.58. The summed E-state index contributed by atoms with van der Waals surface area (Å²) in [5.74, 6) is 0. The lowest BCUT2D eigenvalue weighted by Crippen LogP contribution is -2.23. The molecule has 0 aromatic heterocycles. The summed E-state index contributed by atoms with van der Waals surface area (Å²) in [6.45, 7) is 0. The molecule has 0 bridgehead atoms. The van der Waals surface area contributed by atoms with Gasteiger partial charge >= 0.3 is 0 Å². The third-order valence-electron chi connectivity index (χ3n) is 3.82. The fourth-order valence-electron chi connectivity index (χ4n) is 2.63. The van der Waals surface area contributed by atoms with Gasteiger partial charge in [-0.2, -0.15) is 0 Å². The van der Waals surface area contributed by atoms with E-state index in [1.54, 1.807) is 60.7 Å². The Labute approximate surface area is 163 Å². The maximum Gasteiger partial charge on any atom is 0.232 e. The molecule has 6 heteroatoms. The van der Waals surface area contributed by atoms with Crippen molar-refractivity contribution in [3.05, 3.63) is 78.4 Å². The number of carbonyl (C=O) groups is 1. The van der Waals surface area contributed by atoms with Gasteiger partial charge in [-0.3, -0.25) is 4.79 Å². The normalized spacial score (nSPS) is 11.3. The molecule has 25 heavy (non-hydrogen) atoms. The smallest absolute Gasteiger partial charge is 0.232 e. The summed E-state index contributed by atoms with van der Waals surface area (Å²) in [5, 5.41) is 0.975.